The van der Waals surface area contributed by atoms with Crippen LogP contribution in [0.2, 0.25) is 10.0 Å². The number of Topliss-reactive ketones (excluding diaryl/α,β-unsaturated/α-hetero) is 1. The fourth-order valence-corrected chi connectivity index (χ4v) is 4.83. The van der Waals surface area contributed by atoms with E-state index in [1.807, 2.05) is 0 Å². The summed E-state index contributed by atoms with van der Waals surface area (Å²) in [6, 6.07) is 15.5. The number of ketones is 1. The van der Waals surface area contributed by atoms with Crippen LogP contribution < -0.4 is 4.90 Å². The number of hydrogen-bond acceptors (Lipinski definition) is 5. The SMILES string of the molecule is CC(=O)c1ccc(N2C(=O)C(=Cc3ccc(-c4c(Cl)cccc4Cl)o3)SC2=S)cc1. The molecule has 2 heterocycles. The Morgan fingerprint density at radius 2 is 1.73 bits per heavy atom. The van der Waals surface area contributed by atoms with Crippen LogP contribution in [0.3, 0.4) is 0 Å². The summed E-state index contributed by atoms with van der Waals surface area (Å²) in [5.74, 6) is 0.689. The van der Waals surface area contributed by atoms with E-state index < -0.39 is 0 Å². The monoisotopic (exact) mass is 473 g/mol. The Hall–Kier alpha value is -2.38. The molecular formula is C22H13Cl2NO3S2. The number of anilines is 1. The molecule has 0 atom stereocenters. The van der Waals surface area contributed by atoms with Gasteiger partial charge in [-0.3, -0.25) is 14.5 Å². The number of amides is 1. The lowest BCUT2D eigenvalue weighted by molar-refractivity contribution is -0.113. The van der Waals surface area contributed by atoms with E-state index in [9.17, 15) is 9.59 Å². The molecule has 1 fully saturated rings. The van der Waals surface area contributed by atoms with E-state index in [4.69, 9.17) is 39.8 Å². The Kier molecular flexibility index (Phi) is 5.84. The molecule has 8 heteroatoms. The van der Waals surface area contributed by atoms with Crippen LogP contribution in [0.5, 0.6) is 0 Å². The van der Waals surface area contributed by atoms with Gasteiger partial charge < -0.3 is 4.42 Å². The van der Waals surface area contributed by atoms with Gasteiger partial charge in [0.2, 0.25) is 0 Å². The summed E-state index contributed by atoms with van der Waals surface area (Å²) in [4.78, 5) is 26.3. The number of thioether (sulfide) groups is 1. The Morgan fingerprint density at radius 1 is 1.07 bits per heavy atom. The third kappa shape index (κ3) is 3.96. The molecule has 1 saturated heterocycles. The predicted molar refractivity (Wildman–Crippen MR) is 126 cm³/mol. The van der Waals surface area contributed by atoms with Crippen molar-refractivity contribution in [3.8, 4) is 11.3 Å². The molecule has 0 bridgehead atoms. The summed E-state index contributed by atoms with van der Waals surface area (Å²) in [5, 5.41) is 0.951. The molecule has 0 radical (unpaired) electrons. The van der Waals surface area contributed by atoms with Gasteiger partial charge in [0.05, 0.1) is 26.2 Å². The Balaban J connectivity index is 1.61. The highest BCUT2D eigenvalue weighted by atomic mass is 35.5. The normalized spacial score (nSPS) is 15.3. The quantitative estimate of drug-likeness (QED) is 0.235. The van der Waals surface area contributed by atoms with Crippen LogP contribution in [0.25, 0.3) is 17.4 Å². The molecule has 0 N–H and O–H groups in total. The van der Waals surface area contributed by atoms with Crippen molar-refractivity contribution in [2.45, 2.75) is 6.92 Å². The first-order valence-corrected chi connectivity index (χ1v) is 10.8. The lowest BCUT2D eigenvalue weighted by Gasteiger charge is -2.14. The third-order valence-electron chi connectivity index (χ3n) is 4.44. The van der Waals surface area contributed by atoms with E-state index >= 15 is 0 Å². The number of carbonyl (C=O) groups excluding carboxylic acids is 2. The van der Waals surface area contributed by atoms with Gasteiger partial charge in [-0.25, -0.2) is 0 Å². The number of hydrogen-bond donors (Lipinski definition) is 0. The van der Waals surface area contributed by atoms with Gasteiger partial charge in [0, 0.05) is 11.6 Å². The number of halogens is 2. The van der Waals surface area contributed by atoms with Crippen molar-refractivity contribution in [3.05, 3.63) is 80.9 Å². The second kappa shape index (κ2) is 8.40. The Labute approximate surface area is 192 Å². The number of carbonyl (C=O) groups is 2. The first kappa shape index (κ1) is 20.9. The minimum absolute atomic E-state index is 0.0425. The summed E-state index contributed by atoms with van der Waals surface area (Å²) in [6.07, 6.45) is 1.64. The van der Waals surface area contributed by atoms with Gasteiger partial charge in [0.25, 0.3) is 5.91 Å². The molecule has 1 aromatic heterocycles. The topological polar surface area (TPSA) is 50.5 Å². The van der Waals surface area contributed by atoms with Crippen LogP contribution in [-0.4, -0.2) is 16.0 Å². The zero-order chi connectivity index (χ0) is 21.4. The van der Waals surface area contributed by atoms with Crippen LogP contribution >= 0.6 is 47.2 Å². The largest absolute Gasteiger partial charge is 0.457 e. The van der Waals surface area contributed by atoms with E-state index in [1.54, 1.807) is 60.7 Å². The van der Waals surface area contributed by atoms with Crippen molar-refractivity contribution in [2.75, 3.05) is 4.90 Å². The zero-order valence-electron chi connectivity index (χ0n) is 15.5. The van der Waals surface area contributed by atoms with Crippen LogP contribution in [0.4, 0.5) is 5.69 Å². The highest BCUT2D eigenvalue weighted by molar-refractivity contribution is 8.27. The molecule has 2 aromatic carbocycles. The highest BCUT2D eigenvalue weighted by Crippen LogP contribution is 2.38. The van der Waals surface area contributed by atoms with Gasteiger partial charge in [0.1, 0.15) is 11.5 Å². The van der Waals surface area contributed by atoms with Crippen LogP contribution in [-0.2, 0) is 4.79 Å². The van der Waals surface area contributed by atoms with Crippen molar-refractivity contribution in [3.63, 3.8) is 0 Å². The molecule has 4 nitrogen and oxygen atoms in total. The molecule has 1 aliphatic heterocycles. The lowest BCUT2D eigenvalue weighted by atomic mass is 10.1. The number of nitrogens with zero attached hydrogens (tertiary/aromatic N) is 1. The molecular weight excluding hydrogens is 461 g/mol. The Morgan fingerprint density at radius 3 is 2.37 bits per heavy atom. The maximum atomic E-state index is 12.9. The predicted octanol–water partition coefficient (Wildman–Crippen LogP) is 6.86. The Bertz CT molecular complexity index is 1200. The summed E-state index contributed by atoms with van der Waals surface area (Å²) in [7, 11) is 0. The second-order valence-electron chi connectivity index (χ2n) is 6.42. The summed E-state index contributed by atoms with van der Waals surface area (Å²) in [5.41, 5.74) is 1.77. The molecule has 0 saturated carbocycles. The number of benzene rings is 2. The van der Waals surface area contributed by atoms with Gasteiger partial charge >= 0.3 is 0 Å². The standard InChI is InChI=1S/C22H13Cl2NO3S2/c1-12(26)13-5-7-14(8-6-13)25-21(27)19(30-22(25)29)11-15-9-10-18(28-15)20-16(23)3-2-4-17(20)24/h2-11H,1H3. The number of furan rings is 1. The lowest BCUT2D eigenvalue weighted by Crippen LogP contribution is -2.27. The molecule has 1 aliphatic rings. The van der Waals surface area contributed by atoms with Crippen LogP contribution in [0, 0.1) is 0 Å². The molecule has 0 aliphatic carbocycles. The zero-order valence-corrected chi connectivity index (χ0v) is 18.7. The van der Waals surface area contributed by atoms with Crippen LogP contribution in [0.15, 0.2) is 63.9 Å². The molecule has 0 unspecified atom stereocenters. The average Bonchev–Trinajstić information content (AvgIpc) is 3.26. The van der Waals surface area contributed by atoms with Crippen molar-refractivity contribution >= 4 is 75.0 Å². The third-order valence-corrected chi connectivity index (χ3v) is 6.37. The van der Waals surface area contributed by atoms with Crippen molar-refractivity contribution in [1.29, 1.82) is 0 Å². The minimum Gasteiger partial charge on any atom is -0.457 e. The van der Waals surface area contributed by atoms with Crippen molar-refractivity contribution < 1.29 is 14.0 Å². The van der Waals surface area contributed by atoms with Gasteiger partial charge in [-0.05, 0) is 55.5 Å². The van der Waals surface area contributed by atoms with E-state index in [-0.39, 0.29) is 11.7 Å². The van der Waals surface area contributed by atoms with Gasteiger partial charge in [-0.2, -0.15) is 0 Å². The maximum absolute atomic E-state index is 12.9. The van der Waals surface area contributed by atoms with Gasteiger partial charge in [0.15, 0.2) is 10.1 Å². The smallest absolute Gasteiger partial charge is 0.270 e. The first-order valence-electron chi connectivity index (χ1n) is 8.78. The average molecular weight is 474 g/mol. The molecule has 0 spiro atoms. The fourth-order valence-electron chi connectivity index (χ4n) is 2.96. The first-order chi connectivity index (χ1) is 14.3. The van der Waals surface area contributed by atoms with E-state index in [0.717, 1.165) is 0 Å². The fraction of sp³-hybridized carbons (Fsp3) is 0.0455. The summed E-state index contributed by atoms with van der Waals surface area (Å²) >= 11 is 19.1. The molecule has 3 aromatic rings. The van der Waals surface area contributed by atoms with Gasteiger partial charge in [-0.1, -0.05) is 53.2 Å². The van der Waals surface area contributed by atoms with Crippen molar-refractivity contribution in [1.82, 2.24) is 0 Å². The number of thiocarbonyl (C=S) groups is 1. The highest BCUT2D eigenvalue weighted by Gasteiger charge is 2.33. The molecule has 4 rings (SSSR count). The summed E-state index contributed by atoms with van der Waals surface area (Å²) < 4.78 is 6.26. The van der Waals surface area contributed by atoms with E-state index in [1.165, 1.54) is 23.6 Å². The van der Waals surface area contributed by atoms with E-state index in [0.29, 0.717) is 47.6 Å². The molecule has 30 heavy (non-hydrogen) atoms. The van der Waals surface area contributed by atoms with Gasteiger partial charge in [-0.15, -0.1) is 0 Å². The summed E-state index contributed by atoms with van der Waals surface area (Å²) in [6.45, 7) is 1.49. The minimum atomic E-state index is -0.255. The maximum Gasteiger partial charge on any atom is 0.270 e. The van der Waals surface area contributed by atoms with Crippen LogP contribution in [0.1, 0.15) is 23.0 Å². The van der Waals surface area contributed by atoms with Crippen molar-refractivity contribution in [2.24, 2.45) is 0 Å². The number of rotatable bonds is 4. The second-order valence-corrected chi connectivity index (χ2v) is 8.91. The van der Waals surface area contributed by atoms with E-state index in [2.05, 4.69) is 0 Å². The molecule has 1 amide bonds. The molecule has 150 valence electrons.